The third-order valence-corrected chi connectivity index (χ3v) is 6.14. The topological polar surface area (TPSA) is 20.2 Å². The van der Waals surface area contributed by atoms with Gasteiger partial charge in [-0.1, -0.05) is 142 Å². The zero-order valence-electron chi connectivity index (χ0n) is 19.5. The minimum absolute atomic E-state index is 0.414. The first kappa shape index (κ1) is 27.0. The van der Waals surface area contributed by atoms with E-state index in [0.717, 1.165) is 12.8 Å². The lowest BCUT2D eigenvalue weighted by molar-refractivity contribution is 0.0366. The summed E-state index contributed by atoms with van der Waals surface area (Å²) in [7, 11) is 0. The molecule has 0 saturated carbocycles. The summed E-state index contributed by atoms with van der Waals surface area (Å²) in [5.41, 5.74) is -0.414. The molecule has 1 unspecified atom stereocenters. The SMILES string of the molecule is CCCCCCCCCCCCCCCCCC(C)(O)CCCCCCC. The zero-order valence-corrected chi connectivity index (χ0v) is 19.5. The Balaban J connectivity index is 3.23. The summed E-state index contributed by atoms with van der Waals surface area (Å²) in [5, 5.41) is 10.5. The monoisotopic (exact) mass is 382 g/mol. The molecule has 0 aromatic rings. The third kappa shape index (κ3) is 22.1. The minimum atomic E-state index is -0.414. The van der Waals surface area contributed by atoms with Crippen molar-refractivity contribution in [2.45, 2.75) is 168 Å². The highest BCUT2D eigenvalue weighted by Crippen LogP contribution is 2.22. The van der Waals surface area contributed by atoms with Crippen molar-refractivity contribution >= 4 is 0 Å². The van der Waals surface area contributed by atoms with Gasteiger partial charge in [0.2, 0.25) is 0 Å². The Bertz CT molecular complexity index is 271. The summed E-state index contributed by atoms with van der Waals surface area (Å²) in [6.07, 6.45) is 29.6. The smallest absolute Gasteiger partial charge is 0.0619 e. The molecule has 0 aromatic carbocycles. The Kier molecular flexibility index (Phi) is 20.7. The van der Waals surface area contributed by atoms with E-state index in [9.17, 15) is 5.11 Å². The largest absolute Gasteiger partial charge is 0.390 e. The predicted molar refractivity (Wildman–Crippen MR) is 124 cm³/mol. The van der Waals surface area contributed by atoms with Crippen LogP contribution in [0.2, 0.25) is 0 Å². The number of hydrogen-bond acceptors (Lipinski definition) is 1. The average Bonchev–Trinajstić information content (AvgIpc) is 2.64. The zero-order chi connectivity index (χ0) is 20.1. The van der Waals surface area contributed by atoms with Crippen LogP contribution in [0.15, 0.2) is 0 Å². The van der Waals surface area contributed by atoms with E-state index < -0.39 is 5.60 Å². The second-order valence-corrected chi connectivity index (χ2v) is 9.36. The van der Waals surface area contributed by atoms with Gasteiger partial charge in [0.05, 0.1) is 5.60 Å². The van der Waals surface area contributed by atoms with Gasteiger partial charge in [0.25, 0.3) is 0 Å². The third-order valence-electron chi connectivity index (χ3n) is 6.14. The molecule has 27 heavy (non-hydrogen) atoms. The fraction of sp³-hybridized carbons (Fsp3) is 1.00. The molecule has 0 fully saturated rings. The molecule has 0 spiro atoms. The van der Waals surface area contributed by atoms with Gasteiger partial charge < -0.3 is 5.11 Å². The normalized spacial score (nSPS) is 13.8. The van der Waals surface area contributed by atoms with Crippen LogP contribution in [0, 0.1) is 0 Å². The van der Waals surface area contributed by atoms with Crippen LogP contribution in [0.25, 0.3) is 0 Å². The highest BCUT2D eigenvalue weighted by Gasteiger charge is 2.18. The van der Waals surface area contributed by atoms with Crippen molar-refractivity contribution in [1.29, 1.82) is 0 Å². The predicted octanol–water partition coefficient (Wildman–Crippen LogP) is 9.36. The molecule has 0 aliphatic carbocycles. The molecule has 0 rings (SSSR count). The summed E-state index contributed by atoms with van der Waals surface area (Å²) in [4.78, 5) is 0. The highest BCUT2D eigenvalue weighted by molar-refractivity contribution is 4.72. The summed E-state index contributed by atoms with van der Waals surface area (Å²) in [5.74, 6) is 0. The number of rotatable bonds is 22. The Morgan fingerprint density at radius 2 is 0.630 bits per heavy atom. The van der Waals surface area contributed by atoms with E-state index in [1.807, 2.05) is 0 Å². The molecule has 0 bridgehead atoms. The van der Waals surface area contributed by atoms with E-state index in [-0.39, 0.29) is 0 Å². The average molecular weight is 383 g/mol. The summed E-state index contributed by atoms with van der Waals surface area (Å²) in [6, 6.07) is 0. The Morgan fingerprint density at radius 1 is 0.407 bits per heavy atom. The van der Waals surface area contributed by atoms with Gasteiger partial charge in [0, 0.05) is 0 Å². The van der Waals surface area contributed by atoms with Crippen molar-refractivity contribution in [2.75, 3.05) is 0 Å². The number of unbranched alkanes of at least 4 members (excludes halogenated alkanes) is 18. The fourth-order valence-corrected chi connectivity index (χ4v) is 4.11. The maximum Gasteiger partial charge on any atom is 0.0619 e. The van der Waals surface area contributed by atoms with Gasteiger partial charge in [-0.2, -0.15) is 0 Å². The molecule has 0 aromatic heterocycles. The Morgan fingerprint density at radius 3 is 0.889 bits per heavy atom. The minimum Gasteiger partial charge on any atom is -0.390 e. The van der Waals surface area contributed by atoms with E-state index in [4.69, 9.17) is 0 Å². The van der Waals surface area contributed by atoms with Gasteiger partial charge in [-0.25, -0.2) is 0 Å². The van der Waals surface area contributed by atoms with Crippen LogP contribution in [-0.2, 0) is 0 Å². The van der Waals surface area contributed by atoms with Gasteiger partial charge in [0.15, 0.2) is 0 Å². The first-order valence-electron chi connectivity index (χ1n) is 12.8. The van der Waals surface area contributed by atoms with Gasteiger partial charge in [-0.05, 0) is 19.8 Å². The Labute approximate surface area is 173 Å². The number of aliphatic hydroxyl groups is 1. The maximum absolute atomic E-state index is 10.5. The molecule has 1 N–H and O–H groups in total. The molecule has 0 aliphatic rings. The summed E-state index contributed by atoms with van der Waals surface area (Å²) in [6.45, 7) is 6.60. The first-order valence-corrected chi connectivity index (χ1v) is 12.8. The summed E-state index contributed by atoms with van der Waals surface area (Å²) < 4.78 is 0. The fourth-order valence-electron chi connectivity index (χ4n) is 4.11. The van der Waals surface area contributed by atoms with Crippen molar-refractivity contribution in [3.05, 3.63) is 0 Å². The standard InChI is InChI=1S/C26H54O/c1-4-6-8-10-11-12-13-14-15-16-17-18-19-21-23-25-26(3,27)24-22-20-9-7-5-2/h27H,4-25H2,1-3H3. The van der Waals surface area contributed by atoms with Gasteiger partial charge in [-0.3, -0.25) is 0 Å². The van der Waals surface area contributed by atoms with Crippen LogP contribution in [0.4, 0.5) is 0 Å². The molecule has 0 saturated heterocycles. The molecule has 0 radical (unpaired) electrons. The molecule has 0 aliphatic heterocycles. The molecular formula is C26H54O. The van der Waals surface area contributed by atoms with Crippen molar-refractivity contribution in [1.82, 2.24) is 0 Å². The van der Waals surface area contributed by atoms with Crippen molar-refractivity contribution in [2.24, 2.45) is 0 Å². The first-order chi connectivity index (χ1) is 13.1. The van der Waals surface area contributed by atoms with Crippen LogP contribution >= 0.6 is 0 Å². The Hall–Kier alpha value is -0.0400. The van der Waals surface area contributed by atoms with E-state index >= 15 is 0 Å². The van der Waals surface area contributed by atoms with Crippen molar-refractivity contribution in [3.8, 4) is 0 Å². The molecule has 0 heterocycles. The molecule has 1 atom stereocenters. The van der Waals surface area contributed by atoms with Crippen molar-refractivity contribution < 1.29 is 5.11 Å². The molecule has 0 amide bonds. The highest BCUT2D eigenvalue weighted by atomic mass is 16.3. The maximum atomic E-state index is 10.5. The quantitative estimate of drug-likeness (QED) is 0.185. The lowest BCUT2D eigenvalue weighted by Crippen LogP contribution is -2.23. The van der Waals surface area contributed by atoms with E-state index in [0.29, 0.717) is 0 Å². The van der Waals surface area contributed by atoms with Gasteiger partial charge in [-0.15, -0.1) is 0 Å². The van der Waals surface area contributed by atoms with Crippen LogP contribution < -0.4 is 0 Å². The van der Waals surface area contributed by atoms with E-state index in [1.54, 1.807) is 0 Å². The number of hydrogen-bond donors (Lipinski definition) is 1. The second kappa shape index (κ2) is 20.7. The van der Waals surface area contributed by atoms with Crippen LogP contribution in [0.3, 0.4) is 0 Å². The second-order valence-electron chi connectivity index (χ2n) is 9.36. The van der Waals surface area contributed by atoms with Gasteiger partial charge in [0.1, 0.15) is 0 Å². The van der Waals surface area contributed by atoms with E-state index in [1.165, 1.54) is 128 Å². The van der Waals surface area contributed by atoms with Crippen LogP contribution in [0.5, 0.6) is 0 Å². The van der Waals surface area contributed by atoms with Crippen LogP contribution in [-0.4, -0.2) is 10.7 Å². The van der Waals surface area contributed by atoms with Gasteiger partial charge >= 0.3 is 0 Å². The lowest BCUT2D eigenvalue weighted by atomic mass is 9.91. The molecule has 1 heteroatoms. The van der Waals surface area contributed by atoms with E-state index in [2.05, 4.69) is 20.8 Å². The summed E-state index contributed by atoms with van der Waals surface area (Å²) >= 11 is 0. The lowest BCUT2D eigenvalue weighted by Gasteiger charge is -2.23. The molecule has 1 nitrogen and oxygen atoms in total. The molecule has 164 valence electrons. The molecular weight excluding hydrogens is 328 g/mol. The van der Waals surface area contributed by atoms with Crippen molar-refractivity contribution in [3.63, 3.8) is 0 Å². The van der Waals surface area contributed by atoms with Crippen LogP contribution in [0.1, 0.15) is 162 Å².